The van der Waals surface area contributed by atoms with Crippen LogP contribution >= 0.6 is 15.9 Å². The molecule has 0 saturated carbocycles. The topological polar surface area (TPSA) is 64.6 Å². The molecule has 0 heterocycles. The Labute approximate surface area is 120 Å². The Balaban J connectivity index is 2.29. The average molecular weight is 330 g/mol. The molecular weight excluding hydrogens is 314 g/mol. The third-order valence-electron chi connectivity index (χ3n) is 2.38. The monoisotopic (exact) mass is 329 g/mol. The molecule has 0 fully saturated rings. The number of esters is 2. The fourth-order valence-corrected chi connectivity index (χ4v) is 1.83. The minimum absolute atomic E-state index is 0.0435. The van der Waals surface area contributed by atoms with E-state index in [0.717, 1.165) is 5.56 Å². The predicted molar refractivity (Wildman–Crippen MR) is 73.8 cm³/mol. The lowest BCUT2D eigenvalue weighted by atomic mass is 10.2. The van der Waals surface area contributed by atoms with Crippen molar-refractivity contribution in [2.24, 2.45) is 0 Å². The van der Waals surface area contributed by atoms with Crippen molar-refractivity contribution in [2.45, 2.75) is 12.6 Å². The van der Waals surface area contributed by atoms with Gasteiger partial charge in [-0.05, 0) is 5.56 Å². The van der Waals surface area contributed by atoms with E-state index in [0.29, 0.717) is 5.33 Å². The Morgan fingerprint density at radius 3 is 2.58 bits per heavy atom. The fraction of sp³-hybridized carbons (Fsp3) is 0.385. The van der Waals surface area contributed by atoms with Crippen molar-refractivity contribution < 1.29 is 19.1 Å². The largest absolute Gasteiger partial charge is 0.468 e. The van der Waals surface area contributed by atoms with E-state index in [1.54, 1.807) is 0 Å². The van der Waals surface area contributed by atoms with E-state index in [2.05, 4.69) is 26.0 Å². The number of benzene rings is 1. The first-order valence-corrected chi connectivity index (χ1v) is 6.86. The second-order valence-corrected chi connectivity index (χ2v) is 4.40. The minimum atomic E-state index is -0.561. The second kappa shape index (κ2) is 8.66. The van der Waals surface area contributed by atoms with Crippen LogP contribution in [0.3, 0.4) is 0 Å². The van der Waals surface area contributed by atoms with Gasteiger partial charge in [-0.15, -0.1) is 0 Å². The Kier molecular flexibility index (Phi) is 7.14. The molecule has 1 aromatic rings. The predicted octanol–water partition coefficient (Wildman–Crippen LogP) is 1.26. The van der Waals surface area contributed by atoms with E-state index in [-0.39, 0.29) is 13.2 Å². The van der Waals surface area contributed by atoms with Gasteiger partial charge < -0.3 is 9.47 Å². The highest BCUT2D eigenvalue weighted by Gasteiger charge is 2.18. The number of carbonyl (C=O) groups excluding carboxylic acids is 2. The SMILES string of the molecule is COC(=O)[C@H](CBr)NCC(=O)OCc1ccccc1. The standard InChI is InChI=1S/C13H16BrNO4/c1-18-13(17)11(7-14)15-8-12(16)19-9-10-5-3-2-4-6-10/h2-6,11,15H,7-9H2,1H3/t11-/m0/s1. The molecule has 1 rings (SSSR count). The Hall–Kier alpha value is -1.40. The molecule has 0 bridgehead atoms. The molecule has 0 radical (unpaired) electrons. The fourth-order valence-electron chi connectivity index (χ4n) is 1.34. The number of rotatable bonds is 7. The summed E-state index contributed by atoms with van der Waals surface area (Å²) >= 11 is 3.17. The van der Waals surface area contributed by atoms with Gasteiger partial charge in [-0.1, -0.05) is 46.3 Å². The quantitative estimate of drug-likeness (QED) is 0.602. The Bertz CT molecular complexity index is 410. The van der Waals surface area contributed by atoms with Gasteiger partial charge >= 0.3 is 11.9 Å². The van der Waals surface area contributed by atoms with Crippen LogP contribution in [-0.2, 0) is 25.7 Å². The lowest BCUT2D eigenvalue weighted by Gasteiger charge is -2.13. The van der Waals surface area contributed by atoms with Gasteiger partial charge in [0.2, 0.25) is 0 Å². The molecule has 0 amide bonds. The summed E-state index contributed by atoms with van der Waals surface area (Å²) in [6.07, 6.45) is 0. The number of nitrogens with one attached hydrogen (secondary N) is 1. The van der Waals surface area contributed by atoms with Crippen LogP contribution in [0.4, 0.5) is 0 Å². The summed E-state index contributed by atoms with van der Waals surface area (Å²) in [5, 5.41) is 3.13. The van der Waals surface area contributed by atoms with E-state index in [1.807, 2.05) is 30.3 Å². The van der Waals surface area contributed by atoms with Crippen molar-refractivity contribution in [3.63, 3.8) is 0 Å². The van der Waals surface area contributed by atoms with E-state index in [9.17, 15) is 9.59 Å². The summed E-state index contributed by atoms with van der Waals surface area (Å²) in [5.41, 5.74) is 0.917. The van der Waals surface area contributed by atoms with E-state index < -0.39 is 18.0 Å². The summed E-state index contributed by atoms with van der Waals surface area (Å²) in [7, 11) is 1.30. The zero-order chi connectivity index (χ0) is 14.1. The van der Waals surface area contributed by atoms with Crippen LogP contribution in [-0.4, -0.2) is 37.0 Å². The lowest BCUT2D eigenvalue weighted by molar-refractivity contribution is -0.145. The van der Waals surface area contributed by atoms with Crippen molar-refractivity contribution in [1.82, 2.24) is 5.32 Å². The number of hydrogen-bond acceptors (Lipinski definition) is 5. The highest BCUT2D eigenvalue weighted by atomic mass is 79.9. The van der Waals surface area contributed by atoms with Gasteiger partial charge in [-0.25, -0.2) is 0 Å². The molecule has 0 aromatic heterocycles. The number of halogens is 1. The lowest BCUT2D eigenvalue weighted by Crippen LogP contribution is -2.42. The molecule has 19 heavy (non-hydrogen) atoms. The van der Waals surface area contributed by atoms with Crippen molar-refractivity contribution in [3.05, 3.63) is 35.9 Å². The smallest absolute Gasteiger partial charge is 0.323 e. The molecule has 1 aromatic carbocycles. The Morgan fingerprint density at radius 1 is 1.32 bits per heavy atom. The first-order valence-electron chi connectivity index (χ1n) is 5.74. The highest BCUT2D eigenvalue weighted by molar-refractivity contribution is 9.09. The zero-order valence-electron chi connectivity index (χ0n) is 10.6. The van der Waals surface area contributed by atoms with Crippen molar-refractivity contribution in [3.8, 4) is 0 Å². The van der Waals surface area contributed by atoms with Crippen molar-refractivity contribution >= 4 is 27.9 Å². The average Bonchev–Trinajstić information content (AvgIpc) is 2.46. The van der Waals surface area contributed by atoms with Crippen LogP contribution in [0.15, 0.2) is 30.3 Å². The van der Waals surface area contributed by atoms with E-state index >= 15 is 0 Å². The van der Waals surface area contributed by atoms with Gasteiger partial charge in [0.1, 0.15) is 12.6 Å². The van der Waals surface area contributed by atoms with Gasteiger partial charge in [0.25, 0.3) is 0 Å². The summed E-state index contributed by atoms with van der Waals surface area (Å²) in [5.74, 6) is -0.841. The van der Waals surface area contributed by atoms with Crippen LogP contribution in [0.2, 0.25) is 0 Å². The van der Waals surface area contributed by atoms with Gasteiger partial charge in [0.15, 0.2) is 0 Å². The summed E-state index contributed by atoms with van der Waals surface area (Å²) < 4.78 is 9.65. The number of ether oxygens (including phenoxy) is 2. The summed E-state index contributed by atoms with van der Waals surface area (Å²) in [6, 6.07) is 8.82. The molecule has 1 N–H and O–H groups in total. The zero-order valence-corrected chi connectivity index (χ0v) is 12.2. The van der Waals surface area contributed by atoms with E-state index in [1.165, 1.54) is 7.11 Å². The van der Waals surface area contributed by atoms with Crippen LogP contribution in [0.25, 0.3) is 0 Å². The first kappa shape index (κ1) is 15.7. The van der Waals surface area contributed by atoms with Gasteiger partial charge in [-0.2, -0.15) is 0 Å². The maximum absolute atomic E-state index is 11.5. The molecule has 1 atom stereocenters. The number of methoxy groups -OCH3 is 1. The normalized spacial score (nSPS) is 11.7. The maximum Gasteiger partial charge on any atom is 0.323 e. The number of hydrogen-bond donors (Lipinski definition) is 1. The Morgan fingerprint density at radius 2 is 2.00 bits per heavy atom. The molecule has 0 aliphatic heterocycles. The molecule has 0 aliphatic carbocycles. The molecule has 0 spiro atoms. The van der Waals surface area contributed by atoms with Crippen LogP contribution in [0, 0.1) is 0 Å². The highest BCUT2D eigenvalue weighted by Crippen LogP contribution is 2.00. The minimum Gasteiger partial charge on any atom is -0.468 e. The molecule has 104 valence electrons. The number of alkyl halides is 1. The maximum atomic E-state index is 11.5. The molecule has 6 heteroatoms. The number of carbonyl (C=O) groups is 2. The second-order valence-electron chi connectivity index (χ2n) is 3.76. The van der Waals surface area contributed by atoms with Gasteiger partial charge in [0, 0.05) is 5.33 Å². The van der Waals surface area contributed by atoms with Crippen LogP contribution in [0.1, 0.15) is 5.56 Å². The molecular formula is C13H16BrNO4. The van der Waals surface area contributed by atoms with Crippen LogP contribution < -0.4 is 5.32 Å². The molecule has 5 nitrogen and oxygen atoms in total. The van der Waals surface area contributed by atoms with E-state index in [4.69, 9.17) is 4.74 Å². The molecule has 0 saturated heterocycles. The third-order valence-corrected chi connectivity index (χ3v) is 3.02. The first-order chi connectivity index (χ1) is 9.17. The van der Waals surface area contributed by atoms with Crippen LogP contribution in [0.5, 0.6) is 0 Å². The third kappa shape index (κ3) is 5.85. The van der Waals surface area contributed by atoms with Gasteiger partial charge in [-0.3, -0.25) is 14.9 Å². The van der Waals surface area contributed by atoms with Gasteiger partial charge in [0.05, 0.1) is 13.7 Å². The molecule has 0 aliphatic rings. The summed E-state index contributed by atoms with van der Waals surface area (Å²) in [6.45, 7) is 0.177. The van der Waals surface area contributed by atoms with Crippen molar-refractivity contribution in [1.29, 1.82) is 0 Å². The van der Waals surface area contributed by atoms with Crippen molar-refractivity contribution in [2.75, 3.05) is 19.0 Å². The summed E-state index contributed by atoms with van der Waals surface area (Å²) in [4.78, 5) is 22.8. The molecule has 0 unspecified atom stereocenters.